The average Bonchev–Trinajstić information content (AvgIpc) is 2.84. The molecule has 8 nitrogen and oxygen atoms in total. The Morgan fingerprint density at radius 3 is 2.39 bits per heavy atom. The van der Waals surface area contributed by atoms with Gasteiger partial charge in [0.1, 0.15) is 11.3 Å². The van der Waals surface area contributed by atoms with Gasteiger partial charge in [0, 0.05) is 11.3 Å². The van der Waals surface area contributed by atoms with Gasteiger partial charge < -0.3 is 10.1 Å². The highest BCUT2D eigenvalue weighted by Gasteiger charge is 2.37. The Hall–Kier alpha value is -4.72. The molecule has 182 valence electrons. The first-order valence-corrected chi connectivity index (χ1v) is 11.3. The number of carbonyl (C=O) groups is 4. The van der Waals surface area contributed by atoms with Gasteiger partial charge in [-0.05, 0) is 68.3 Å². The fourth-order valence-electron chi connectivity index (χ4n) is 3.62. The molecule has 1 heterocycles. The number of urea groups is 1. The monoisotopic (exact) mass is 483 g/mol. The number of hydrogen-bond donors (Lipinski definition) is 2. The second-order valence-corrected chi connectivity index (χ2v) is 8.47. The van der Waals surface area contributed by atoms with Crippen molar-refractivity contribution in [3.8, 4) is 5.75 Å². The van der Waals surface area contributed by atoms with Crippen molar-refractivity contribution in [2.45, 2.75) is 20.8 Å². The number of aryl methyl sites for hydroxylation is 3. The molecule has 0 spiro atoms. The number of nitrogens with zero attached hydrogens (tertiary/aromatic N) is 1. The molecule has 0 bridgehead atoms. The number of ether oxygens (including phenoxy) is 1. The summed E-state index contributed by atoms with van der Waals surface area (Å²) in [5.41, 5.74) is 4.17. The molecule has 1 fully saturated rings. The lowest BCUT2D eigenvalue weighted by Crippen LogP contribution is -2.54. The van der Waals surface area contributed by atoms with Crippen molar-refractivity contribution >= 4 is 41.2 Å². The van der Waals surface area contributed by atoms with E-state index in [1.165, 1.54) is 6.08 Å². The van der Waals surface area contributed by atoms with Gasteiger partial charge in [0.2, 0.25) is 0 Å². The average molecular weight is 484 g/mol. The number of anilines is 2. The zero-order chi connectivity index (χ0) is 25.8. The van der Waals surface area contributed by atoms with Crippen LogP contribution in [0.1, 0.15) is 22.3 Å². The number of imide groups is 2. The molecule has 5 amide bonds. The molecule has 1 aliphatic rings. The number of para-hydroxylation sites is 1. The van der Waals surface area contributed by atoms with Gasteiger partial charge in [0.15, 0.2) is 6.61 Å². The second-order valence-electron chi connectivity index (χ2n) is 8.47. The molecule has 36 heavy (non-hydrogen) atoms. The van der Waals surface area contributed by atoms with Crippen LogP contribution in [0.2, 0.25) is 0 Å². The molecule has 3 aromatic carbocycles. The summed E-state index contributed by atoms with van der Waals surface area (Å²) in [5, 5.41) is 4.97. The Morgan fingerprint density at radius 1 is 0.944 bits per heavy atom. The Morgan fingerprint density at radius 2 is 1.67 bits per heavy atom. The maximum absolute atomic E-state index is 13.2. The van der Waals surface area contributed by atoms with E-state index in [-0.39, 0.29) is 18.1 Å². The highest BCUT2D eigenvalue weighted by molar-refractivity contribution is 6.39. The standard InChI is InChI=1S/C28H25N3O5/c1-17-8-11-21(12-9-17)29-25(32)16-36-24-7-5-4-6-20(24)15-23-26(33)30-28(35)31(27(23)34)22-13-10-18(2)19(3)14-22/h4-15H,16H2,1-3H3,(H,29,32)(H,30,33,35)/b23-15+. The predicted molar refractivity (Wildman–Crippen MR) is 137 cm³/mol. The lowest BCUT2D eigenvalue weighted by Gasteiger charge is -2.27. The number of barbiturate groups is 1. The molecule has 2 N–H and O–H groups in total. The van der Waals surface area contributed by atoms with Crippen molar-refractivity contribution in [2.75, 3.05) is 16.8 Å². The minimum absolute atomic E-state index is 0.229. The summed E-state index contributed by atoms with van der Waals surface area (Å²) < 4.78 is 5.69. The van der Waals surface area contributed by atoms with E-state index >= 15 is 0 Å². The minimum Gasteiger partial charge on any atom is -0.483 e. The number of benzene rings is 3. The van der Waals surface area contributed by atoms with E-state index in [9.17, 15) is 19.2 Å². The summed E-state index contributed by atoms with van der Waals surface area (Å²) >= 11 is 0. The van der Waals surface area contributed by atoms with Crippen LogP contribution in [-0.4, -0.2) is 30.4 Å². The normalized spacial score (nSPS) is 14.6. The third kappa shape index (κ3) is 5.33. The largest absolute Gasteiger partial charge is 0.483 e. The molecule has 0 radical (unpaired) electrons. The first-order valence-electron chi connectivity index (χ1n) is 11.3. The number of nitrogens with one attached hydrogen (secondary N) is 2. The summed E-state index contributed by atoms with van der Waals surface area (Å²) in [5.74, 6) is -1.62. The Balaban J connectivity index is 1.55. The lowest BCUT2D eigenvalue weighted by molar-refractivity contribution is -0.122. The van der Waals surface area contributed by atoms with Gasteiger partial charge >= 0.3 is 6.03 Å². The molecule has 0 atom stereocenters. The molecule has 0 unspecified atom stereocenters. The van der Waals surface area contributed by atoms with Crippen molar-refractivity contribution in [2.24, 2.45) is 0 Å². The van der Waals surface area contributed by atoms with Crippen LogP contribution >= 0.6 is 0 Å². The van der Waals surface area contributed by atoms with Crippen LogP contribution in [0, 0.1) is 20.8 Å². The molecule has 0 aliphatic carbocycles. The fraction of sp³-hybridized carbons (Fsp3) is 0.143. The van der Waals surface area contributed by atoms with Crippen molar-refractivity contribution < 1.29 is 23.9 Å². The van der Waals surface area contributed by atoms with E-state index in [0.717, 1.165) is 21.6 Å². The highest BCUT2D eigenvalue weighted by atomic mass is 16.5. The van der Waals surface area contributed by atoms with Gasteiger partial charge in [-0.2, -0.15) is 0 Å². The van der Waals surface area contributed by atoms with Gasteiger partial charge in [-0.15, -0.1) is 0 Å². The van der Waals surface area contributed by atoms with Gasteiger partial charge in [-0.25, -0.2) is 9.69 Å². The summed E-state index contributed by atoms with van der Waals surface area (Å²) in [6.07, 6.45) is 1.35. The third-order valence-electron chi connectivity index (χ3n) is 5.76. The first-order chi connectivity index (χ1) is 17.2. The van der Waals surface area contributed by atoms with E-state index < -0.39 is 17.8 Å². The van der Waals surface area contributed by atoms with Crippen LogP contribution in [0.15, 0.2) is 72.3 Å². The van der Waals surface area contributed by atoms with Crippen molar-refractivity contribution in [3.05, 3.63) is 94.6 Å². The minimum atomic E-state index is -0.817. The molecule has 8 heteroatoms. The van der Waals surface area contributed by atoms with E-state index in [4.69, 9.17) is 4.74 Å². The fourth-order valence-corrected chi connectivity index (χ4v) is 3.62. The predicted octanol–water partition coefficient (Wildman–Crippen LogP) is 4.30. The van der Waals surface area contributed by atoms with Crippen molar-refractivity contribution in [3.63, 3.8) is 0 Å². The number of rotatable bonds is 6. The highest BCUT2D eigenvalue weighted by Crippen LogP contribution is 2.26. The van der Waals surface area contributed by atoms with E-state index in [1.807, 2.05) is 32.9 Å². The first kappa shape index (κ1) is 24.4. The maximum atomic E-state index is 13.2. The number of hydrogen-bond acceptors (Lipinski definition) is 5. The molecule has 4 rings (SSSR count). The summed E-state index contributed by atoms with van der Waals surface area (Å²) in [7, 11) is 0. The molecule has 0 aromatic heterocycles. The maximum Gasteiger partial charge on any atom is 0.335 e. The lowest BCUT2D eigenvalue weighted by atomic mass is 10.0. The van der Waals surface area contributed by atoms with Crippen molar-refractivity contribution in [1.82, 2.24) is 5.32 Å². The van der Waals surface area contributed by atoms with Gasteiger partial charge in [-0.1, -0.05) is 42.0 Å². The SMILES string of the molecule is Cc1ccc(NC(=O)COc2ccccc2/C=C2\C(=O)NC(=O)N(c3ccc(C)c(C)c3)C2=O)cc1. The van der Waals surface area contributed by atoms with E-state index in [2.05, 4.69) is 10.6 Å². The molecular formula is C28H25N3O5. The zero-order valence-electron chi connectivity index (χ0n) is 20.1. The molecule has 0 saturated carbocycles. The van der Waals surface area contributed by atoms with Crippen LogP contribution in [0.25, 0.3) is 6.08 Å². The van der Waals surface area contributed by atoms with Crippen LogP contribution in [0.5, 0.6) is 5.75 Å². The summed E-state index contributed by atoms with van der Waals surface area (Å²) in [6.45, 7) is 5.47. The summed E-state index contributed by atoms with van der Waals surface area (Å²) in [6, 6.07) is 18.4. The van der Waals surface area contributed by atoms with Gasteiger partial charge in [-0.3, -0.25) is 19.7 Å². The molecule has 1 aliphatic heterocycles. The van der Waals surface area contributed by atoms with Crippen LogP contribution in [0.4, 0.5) is 16.2 Å². The molecular weight excluding hydrogens is 458 g/mol. The number of carbonyl (C=O) groups excluding carboxylic acids is 4. The van der Waals surface area contributed by atoms with Crippen LogP contribution in [0.3, 0.4) is 0 Å². The Bertz CT molecular complexity index is 1390. The van der Waals surface area contributed by atoms with E-state index in [1.54, 1.807) is 54.6 Å². The number of amides is 5. The Kier molecular flexibility index (Phi) is 6.96. The molecule has 3 aromatic rings. The second kappa shape index (κ2) is 10.3. The summed E-state index contributed by atoms with van der Waals surface area (Å²) in [4.78, 5) is 51.6. The van der Waals surface area contributed by atoms with Gasteiger partial charge in [0.25, 0.3) is 17.7 Å². The van der Waals surface area contributed by atoms with Crippen molar-refractivity contribution in [1.29, 1.82) is 0 Å². The van der Waals surface area contributed by atoms with Gasteiger partial charge in [0.05, 0.1) is 5.69 Å². The third-order valence-corrected chi connectivity index (χ3v) is 5.76. The Labute approximate surface area is 208 Å². The van der Waals surface area contributed by atoms with E-state index in [0.29, 0.717) is 22.7 Å². The smallest absolute Gasteiger partial charge is 0.335 e. The molecule has 1 saturated heterocycles. The zero-order valence-corrected chi connectivity index (χ0v) is 20.1. The van der Waals surface area contributed by atoms with Crippen LogP contribution < -0.4 is 20.3 Å². The van der Waals surface area contributed by atoms with Crippen LogP contribution in [-0.2, 0) is 14.4 Å². The topological polar surface area (TPSA) is 105 Å². The quantitative estimate of drug-likeness (QED) is 0.402.